The molecule has 2 unspecified atom stereocenters. The van der Waals surface area contributed by atoms with E-state index < -0.39 is 0 Å². The monoisotopic (exact) mass is 298 g/mol. The van der Waals surface area contributed by atoms with E-state index in [2.05, 4.69) is 38.0 Å². The molecule has 1 aromatic heterocycles. The molecule has 0 aliphatic heterocycles. The second-order valence-corrected chi connectivity index (χ2v) is 6.48. The Hall–Kier alpha value is -0.640. The summed E-state index contributed by atoms with van der Waals surface area (Å²) in [6.45, 7) is 12.4. The summed E-state index contributed by atoms with van der Waals surface area (Å²) in [6.07, 6.45) is 4.47. The molecule has 1 heterocycles. The van der Waals surface area contributed by atoms with Gasteiger partial charge in [-0.05, 0) is 36.9 Å². The summed E-state index contributed by atoms with van der Waals surface area (Å²) in [4.78, 5) is 4.04. The summed E-state index contributed by atoms with van der Waals surface area (Å²) in [7, 11) is 0. The highest BCUT2D eigenvalue weighted by Crippen LogP contribution is 2.28. The Morgan fingerprint density at radius 2 is 2.05 bits per heavy atom. The molecular formula is C16H27ClN2O. The van der Waals surface area contributed by atoms with Gasteiger partial charge >= 0.3 is 0 Å². The summed E-state index contributed by atoms with van der Waals surface area (Å²) in [6, 6.07) is 2.22. The molecule has 0 fully saturated rings. The van der Waals surface area contributed by atoms with Crippen molar-refractivity contribution in [1.29, 1.82) is 0 Å². The van der Waals surface area contributed by atoms with Gasteiger partial charge in [-0.25, -0.2) is 0 Å². The van der Waals surface area contributed by atoms with Crippen molar-refractivity contribution < 1.29 is 4.74 Å². The van der Waals surface area contributed by atoms with Crippen LogP contribution in [0, 0.1) is 5.41 Å². The summed E-state index contributed by atoms with van der Waals surface area (Å²) in [5.74, 6) is 0. The SMILES string of the molecule is CCNC(Cc1ccncc1Cl)C(OCC)C(C)(C)C. The third-order valence-corrected chi connectivity index (χ3v) is 3.67. The molecule has 0 saturated heterocycles. The molecule has 1 aromatic rings. The normalized spacial score (nSPS) is 15.1. The van der Waals surface area contributed by atoms with Gasteiger partial charge in [-0.1, -0.05) is 39.3 Å². The number of aromatic nitrogens is 1. The first-order valence-corrected chi connectivity index (χ1v) is 7.71. The van der Waals surface area contributed by atoms with E-state index in [0.717, 1.165) is 23.6 Å². The highest BCUT2D eigenvalue weighted by atomic mass is 35.5. The molecular weight excluding hydrogens is 272 g/mol. The summed E-state index contributed by atoms with van der Waals surface area (Å²) >= 11 is 6.23. The van der Waals surface area contributed by atoms with E-state index in [0.29, 0.717) is 6.61 Å². The Balaban J connectivity index is 2.94. The molecule has 0 amide bonds. The second kappa shape index (κ2) is 7.96. The van der Waals surface area contributed by atoms with Crippen molar-refractivity contribution in [3.05, 3.63) is 29.0 Å². The smallest absolute Gasteiger partial charge is 0.0779 e. The summed E-state index contributed by atoms with van der Waals surface area (Å²) in [5.41, 5.74) is 1.18. The van der Waals surface area contributed by atoms with Crippen LogP contribution >= 0.6 is 11.6 Å². The van der Waals surface area contributed by atoms with Crippen LogP contribution in [-0.4, -0.2) is 30.3 Å². The first kappa shape index (κ1) is 17.4. The standard InChI is InChI=1S/C16H27ClN2O/c1-6-19-14(15(20-7-2)16(3,4)5)10-12-8-9-18-11-13(12)17/h8-9,11,14-15,19H,6-7,10H2,1-5H3. The zero-order valence-electron chi connectivity index (χ0n) is 13.2. The van der Waals surface area contributed by atoms with Crippen LogP contribution in [-0.2, 0) is 11.2 Å². The molecule has 20 heavy (non-hydrogen) atoms. The number of likely N-dealkylation sites (N-methyl/N-ethyl adjacent to an activating group) is 1. The molecule has 0 aromatic carbocycles. The van der Waals surface area contributed by atoms with Crippen LogP contribution in [0.1, 0.15) is 40.2 Å². The van der Waals surface area contributed by atoms with Gasteiger partial charge in [-0.3, -0.25) is 4.98 Å². The van der Waals surface area contributed by atoms with Crippen molar-refractivity contribution >= 4 is 11.6 Å². The van der Waals surface area contributed by atoms with Gasteiger partial charge in [0.1, 0.15) is 0 Å². The topological polar surface area (TPSA) is 34.2 Å². The van der Waals surface area contributed by atoms with E-state index in [1.54, 1.807) is 12.4 Å². The first-order valence-electron chi connectivity index (χ1n) is 7.33. The van der Waals surface area contributed by atoms with Gasteiger partial charge in [0.05, 0.1) is 11.1 Å². The van der Waals surface area contributed by atoms with Crippen LogP contribution in [0.25, 0.3) is 0 Å². The maximum atomic E-state index is 6.23. The van der Waals surface area contributed by atoms with Crippen molar-refractivity contribution in [2.24, 2.45) is 5.41 Å². The number of pyridine rings is 1. The quantitative estimate of drug-likeness (QED) is 0.833. The largest absolute Gasteiger partial charge is 0.376 e. The van der Waals surface area contributed by atoms with Gasteiger partial charge in [0.15, 0.2) is 0 Å². The lowest BCUT2D eigenvalue weighted by atomic mass is 9.82. The molecule has 0 aliphatic carbocycles. The van der Waals surface area contributed by atoms with E-state index in [1.165, 1.54) is 0 Å². The molecule has 1 rings (SSSR count). The fourth-order valence-electron chi connectivity index (χ4n) is 2.50. The summed E-state index contributed by atoms with van der Waals surface area (Å²) < 4.78 is 6.01. The number of nitrogens with zero attached hydrogens (tertiary/aromatic N) is 1. The third kappa shape index (κ3) is 5.04. The number of hydrogen-bond acceptors (Lipinski definition) is 3. The maximum absolute atomic E-state index is 6.23. The fraction of sp³-hybridized carbons (Fsp3) is 0.688. The molecule has 0 radical (unpaired) electrons. The molecule has 3 nitrogen and oxygen atoms in total. The highest BCUT2D eigenvalue weighted by molar-refractivity contribution is 6.31. The van der Waals surface area contributed by atoms with E-state index in [1.807, 2.05) is 13.0 Å². The van der Waals surface area contributed by atoms with Gasteiger partial charge in [-0.2, -0.15) is 0 Å². The zero-order valence-corrected chi connectivity index (χ0v) is 14.0. The van der Waals surface area contributed by atoms with Gasteiger partial charge < -0.3 is 10.1 Å². The maximum Gasteiger partial charge on any atom is 0.0779 e. The van der Waals surface area contributed by atoms with Crippen molar-refractivity contribution in [3.63, 3.8) is 0 Å². The lowest BCUT2D eigenvalue weighted by molar-refractivity contribution is -0.0352. The Bertz CT molecular complexity index is 404. The molecule has 2 atom stereocenters. The molecule has 0 aliphatic rings. The van der Waals surface area contributed by atoms with Crippen molar-refractivity contribution in [2.45, 2.75) is 53.2 Å². The van der Waals surface area contributed by atoms with Crippen LogP contribution in [0.15, 0.2) is 18.5 Å². The molecule has 0 saturated carbocycles. The average Bonchev–Trinajstić information content (AvgIpc) is 2.37. The second-order valence-electron chi connectivity index (χ2n) is 6.08. The van der Waals surface area contributed by atoms with E-state index in [4.69, 9.17) is 16.3 Å². The number of hydrogen-bond donors (Lipinski definition) is 1. The zero-order chi connectivity index (χ0) is 15.2. The van der Waals surface area contributed by atoms with Crippen molar-refractivity contribution in [3.8, 4) is 0 Å². The van der Waals surface area contributed by atoms with Gasteiger partial charge in [-0.15, -0.1) is 0 Å². The molecule has 0 spiro atoms. The third-order valence-electron chi connectivity index (χ3n) is 3.33. The minimum absolute atomic E-state index is 0.0718. The minimum atomic E-state index is 0.0718. The van der Waals surface area contributed by atoms with Crippen LogP contribution in [0.4, 0.5) is 0 Å². The van der Waals surface area contributed by atoms with Gasteiger partial charge in [0.2, 0.25) is 0 Å². The number of nitrogens with one attached hydrogen (secondary N) is 1. The Labute approximate surface area is 128 Å². The molecule has 114 valence electrons. The average molecular weight is 299 g/mol. The van der Waals surface area contributed by atoms with Crippen LogP contribution < -0.4 is 5.32 Å². The van der Waals surface area contributed by atoms with Crippen molar-refractivity contribution in [1.82, 2.24) is 10.3 Å². The Kier molecular flexibility index (Phi) is 6.93. The predicted octanol–water partition coefficient (Wildman–Crippen LogP) is 3.71. The molecule has 1 N–H and O–H groups in total. The number of rotatable bonds is 7. The van der Waals surface area contributed by atoms with Crippen LogP contribution in [0.3, 0.4) is 0 Å². The number of halogens is 1. The van der Waals surface area contributed by atoms with E-state index >= 15 is 0 Å². The Morgan fingerprint density at radius 3 is 2.55 bits per heavy atom. The molecule has 4 heteroatoms. The first-order chi connectivity index (χ1) is 9.40. The fourth-order valence-corrected chi connectivity index (χ4v) is 2.70. The number of ether oxygens (including phenoxy) is 1. The van der Waals surface area contributed by atoms with Gasteiger partial charge in [0, 0.05) is 25.0 Å². The lowest BCUT2D eigenvalue weighted by Gasteiger charge is -2.37. The Morgan fingerprint density at radius 1 is 1.35 bits per heavy atom. The van der Waals surface area contributed by atoms with Crippen LogP contribution in [0.2, 0.25) is 5.02 Å². The van der Waals surface area contributed by atoms with Crippen LogP contribution in [0.5, 0.6) is 0 Å². The molecule has 0 bridgehead atoms. The predicted molar refractivity (Wildman–Crippen MR) is 85.3 cm³/mol. The van der Waals surface area contributed by atoms with Crippen molar-refractivity contribution in [2.75, 3.05) is 13.2 Å². The summed E-state index contributed by atoms with van der Waals surface area (Å²) in [5, 5.41) is 4.27. The lowest BCUT2D eigenvalue weighted by Crippen LogP contribution is -2.49. The van der Waals surface area contributed by atoms with E-state index in [9.17, 15) is 0 Å². The van der Waals surface area contributed by atoms with Gasteiger partial charge in [0.25, 0.3) is 0 Å². The highest BCUT2D eigenvalue weighted by Gasteiger charge is 2.32. The van der Waals surface area contributed by atoms with E-state index in [-0.39, 0.29) is 17.6 Å². The minimum Gasteiger partial charge on any atom is -0.376 e.